The van der Waals surface area contributed by atoms with Crippen LogP contribution in [0.15, 0.2) is 96.2 Å². The second kappa shape index (κ2) is 11.7. The van der Waals surface area contributed by atoms with Gasteiger partial charge in [-0.2, -0.15) is 5.10 Å². The van der Waals surface area contributed by atoms with Gasteiger partial charge in [0.1, 0.15) is 5.92 Å². The Hall–Kier alpha value is -4.59. The van der Waals surface area contributed by atoms with Gasteiger partial charge in [-0.1, -0.05) is 48.5 Å². The molecule has 8 nitrogen and oxygen atoms in total. The molecule has 2 amide bonds. The average Bonchev–Trinajstić information content (AvgIpc) is 3.58. The van der Waals surface area contributed by atoms with Crippen molar-refractivity contribution in [1.82, 2.24) is 15.4 Å². The van der Waals surface area contributed by atoms with Gasteiger partial charge in [-0.15, -0.1) is 0 Å². The highest BCUT2D eigenvalue weighted by Gasteiger charge is 2.29. The van der Waals surface area contributed by atoms with Gasteiger partial charge >= 0.3 is 12.0 Å². The Morgan fingerprint density at radius 2 is 1.58 bits per heavy atom. The lowest BCUT2D eigenvalue weighted by atomic mass is 9.93. The van der Waals surface area contributed by atoms with Crippen LogP contribution in [-0.2, 0) is 9.53 Å². The van der Waals surface area contributed by atoms with E-state index in [1.54, 1.807) is 26.0 Å². The maximum Gasteiger partial charge on any atom is 0.339 e. The Morgan fingerprint density at radius 3 is 2.25 bits per heavy atom. The maximum atomic E-state index is 12.9. The van der Waals surface area contributed by atoms with Crippen LogP contribution in [0.1, 0.15) is 48.3 Å². The lowest BCUT2D eigenvalue weighted by Gasteiger charge is -2.17. The maximum absolute atomic E-state index is 12.9. The van der Waals surface area contributed by atoms with Crippen molar-refractivity contribution in [2.75, 3.05) is 11.9 Å². The van der Waals surface area contributed by atoms with E-state index >= 15 is 0 Å². The first-order valence-corrected chi connectivity index (χ1v) is 11.8. The number of nitrogens with zero attached hydrogens (tertiary/aromatic N) is 1. The van der Waals surface area contributed by atoms with Gasteiger partial charge in [0.25, 0.3) is 0 Å². The molecule has 0 radical (unpaired) electrons. The number of aromatic amines is 2. The first kappa shape index (κ1) is 24.5. The molecule has 0 aliphatic heterocycles. The van der Waals surface area contributed by atoms with Gasteiger partial charge in [0.2, 0.25) is 0 Å². The van der Waals surface area contributed by atoms with Crippen molar-refractivity contribution in [2.24, 2.45) is 5.10 Å². The number of hydrazone groups is 1. The van der Waals surface area contributed by atoms with Gasteiger partial charge in [-0.25, -0.2) is 10.2 Å². The number of benzene rings is 2. The summed E-state index contributed by atoms with van der Waals surface area (Å²) in [6.07, 6.45) is 1.89. The molecule has 2 aromatic heterocycles. The lowest BCUT2D eigenvalue weighted by Crippen LogP contribution is -2.29. The number of hydrogen-bond donors (Lipinski definition) is 4. The number of amides is 2. The molecule has 0 aliphatic rings. The Labute approximate surface area is 209 Å². The van der Waals surface area contributed by atoms with Crippen LogP contribution < -0.4 is 10.7 Å². The average molecular weight is 484 g/mol. The van der Waals surface area contributed by atoms with E-state index in [0.29, 0.717) is 17.1 Å². The van der Waals surface area contributed by atoms with E-state index in [9.17, 15) is 9.59 Å². The molecule has 4 aromatic rings. The molecular weight excluding hydrogens is 454 g/mol. The molecule has 0 saturated heterocycles. The third kappa shape index (κ3) is 5.90. The summed E-state index contributed by atoms with van der Waals surface area (Å²) in [5.41, 5.74) is 7.15. The highest BCUT2D eigenvalue weighted by molar-refractivity contribution is 6.06. The van der Waals surface area contributed by atoms with Crippen LogP contribution in [0.5, 0.6) is 0 Å². The Bertz CT molecular complexity index is 1300. The molecule has 0 fully saturated rings. The number of rotatable bonds is 9. The molecule has 8 heteroatoms. The van der Waals surface area contributed by atoms with Crippen LogP contribution in [0.25, 0.3) is 0 Å². The van der Waals surface area contributed by atoms with Crippen LogP contribution in [0, 0.1) is 0 Å². The lowest BCUT2D eigenvalue weighted by molar-refractivity contribution is -0.143. The summed E-state index contributed by atoms with van der Waals surface area (Å²) < 4.78 is 5.33. The van der Waals surface area contributed by atoms with E-state index in [2.05, 4.69) is 37.9 Å². The number of para-hydroxylation sites is 1. The molecular formula is C28H29N5O3. The SMILES string of the molecule is CCOC(=O)C(/C(C)=N/NC(=O)Nc1ccccc1)c1ccc(C(c2ccccc2)c2ccc[nH]2)[nH]1. The molecule has 36 heavy (non-hydrogen) atoms. The van der Waals surface area contributed by atoms with Gasteiger partial charge in [0.15, 0.2) is 0 Å². The van der Waals surface area contributed by atoms with Crippen LogP contribution in [0.4, 0.5) is 10.5 Å². The molecule has 2 aromatic carbocycles. The minimum atomic E-state index is -0.809. The predicted octanol–water partition coefficient (Wildman–Crippen LogP) is 5.37. The summed E-state index contributed by atoms with van der Waals surface area (Å²) in [5, 5.41) is 6.89. The molecule has 0 saturated carbocycles. The Balaban J connectivity index is 1.60. The van der Waals surface area contributed by atoms with Crippen LogP contribution in [0.3, 0.4) is 0 Å². The molecule has 2 unspecified atom stereocenters. The van der Waals surface area contributed by atoms with Gasteiger partial charge in [0, 0.05) is 29.0 Å². The first-order valence-electron chi connectivity index (χ1n) is 11.8. The Morgan fingerprint density at radius 1 is 0.889 bits per heavy atom. The number of aromatic nitrogens is 2. The van der Waals surface area contributed by atoms with Crippen molar-refractivity contribution in [1.29, 1.82) is 0 Å². The molecule has 0 spiro atoms. The quantitative estimate of drug-likeness (QED) is 0.146. The number of ether oxygens (including phenoxy) is 1. The normalized spacial score (nSPS) is 13.0. The highest BCUT2D eigenvalue weighted by Crippen LogP contribution is 2.32. The number of urea groups is 1. The third-order valence-electron chi connectivity index (χ3n) is 5.72. The zero-order valence-electron chi connectivity index (χ0n) is 20.2. The second-order valence-corrected chi connectivity index (χ2v) is 8.21. The van der Waals surface area contributed by atoms with Gasteiger partial charge in [-0.05, 0) is 55.8 Å². The second-order valence-electron chi connectivity index (χ2n) is 8.21. The van der Waals surface area contributed by atoms with Crippen molar-refractivity contribution in [3.8, 4) is 0 Å². The van der Waals surface area contributed by atoms with Crippen LogP contribution in [0.2, 0.25) is 0 Å². The van der Waals surface area contributed by atoms with Crippen molar-refractivity contribution in [3.05, 3.63) is 114 Å². The molecule has 4 N–H and O–H groups in total. The summed E-state index contributed by atoms with van der Waals surface area (Å²) in [5.74, 6) is -1.34. The summed E-state index contributed by atoms with van der Waals surface area (Å²) in [4.78, 5) is 32.0. The number of nitrogens with one attached hydrogen (secondary N) is 4. The number of carbonyl (C=O) groups is 2. The summed E-state index contributed by atoms with van der Waals surface area (Å²) in [7, 11) is 0. The fraction of sp³-hybridized carbons (Fsp3) is 0.179. The number of esters is 1. The van der Waals surface area contributed by atoms with Crippen molar-refractivity contribution >= 4 is 23.4 Å². The highest BCUT2D eigenvalue weighted by atomic mass is 16.5. The van der Waals surface area contributed by atoms with Crippen LogP contribution >= 0.6 is 0 Å². The van der Waals surface area contributed by atoms with Crippen molar-refractivity contribution in [2.45, 2.75) is 25.7 Å². The minimum absolute atomic E-state index is 0.0789. The van der Waals surface area contributed by atoms with E-state index < -0.39 is 17.9 Å². The summed E-state index contributed by atoms with van der Waals surface area (Å²) >= 11 is 0. The van der Waals surface area contributed by atoms with Crippen molar-refractivity contribution in [3.63, 3.8) is 0 Å². The van der Waals surface area contributed by atoms with E-state index in [-0.39, 0.29) is 12.5 Å². The third-order valence-corrected chi connectivity index (χ3v) is 5.72. The zero-order valence-corrected chi connectivity index (χ0v) is 20.2. The monoisotopic (exact) mass is 483 g/mol. The topological polar surface area (TPSA) is 111 Å². The van der Waals surface area contributed by atoms with Gasteiger partial charge < -0.3 is 20.0 Å². The molecule has 2 heterocycles. The van der Waals surface area contributed by atoms with Crippen molar-refractivity contribution < 1.29 is 14.3 Å². The first-order chi connectivity index (χ1) is 17.6. The van der Waals surface area contributed by atoms with E-state index in [0.717, 1.165) is 17.0 Å². The number of hydrogen-bond acceptors (Lipinski definition) is 4. The summed E-state index contributed by atoms with van der Waals surface area (Å²) in [6.45, 7) is 3.67. The van der Waals surface area contributed by atoms with Gasteiger partial charge in [0.05, 0.1) is 18.2 Å². The van der Waals surface area contributed by atoms with E-state index in [1.165, 1.54) is 0 Å². The molecule has 2 atom stereocenters. The Kier molecular flexibility index (Phi) is 7.97. The van der Waals surface area contributed by atoms with E-state index in [1.807, 2.05) is 66.9 Å². The van der Waals surface area contributed by atoms with E-state index in [4.69, 9.17) is 4.74 Å². The number of H-pyrrole nitrogens is 2. The standard InChI is InChI=1S/C28H29N5O3/c1-3-36-27(34)25(19(2)32-33-28(35)30-21-13-8-5-9-14-21)23-16-17-24(31-23)26(22-15-10-18-29-22)20-11-6-4-7-12-20/h4-18,25-26,29,31H,3H2,1-2H3,(H2,30,33,35)/b32-19+. The number of carbonyl (C=O) groups excluding carboxylic acids is 2. The zero-order chi connectivity index (χ0) is 25.3. The smallest absolute Gasteiger partial charge is 0.339 e. The fourth-order valence-electron chi connectivity index (χ4n) is 4.09. The van der Waals surface area contributed by atoms with Crippen LogP contribution in [-0.4, -0.2) is 34.3 Å². The minimum Gasteiger partial charge on any atom is -0.465 e. The fourth-order valence-corrected chi connectivity index (χ4v) is 4.09. The molecule has 184 valence electrons. The molecule has 4 rings (SSSR count). The van der Waals surface area contributed by atoms with Gasteiger partial charge in [-0.3, -0.25) is 4.79 Å². The largest absolute Gasteiger partial charge is 0.465 e. The number of anilines is 1. The predicted molar refractivity (Wildman–Crippen MR) is 140 cm³/mol. The summed E-state index contributed by atoms with van der Waals surface area (Å²) in [6, 6.07) is 26.4. The molecule has 0 aliphatic carbocycles. The molecule has 0 bridgehead atoms.